The third-order valence-electron chi connectivity index (χ3n) is 10.2. The molecule has 6 aromatic rings. The Bertz CT molecular complexity index is 2230. The summed E-state index contributed by atoms with van der Waals surface area (Å²) in [5, 5.41) is 0. The molecule has 9 nitrogen and oxygen atoms in total. The fraction of sp³-hybridized carbons (Fsp3) is 0.159. The largest absolute Gasteiger partial charge is 0.346 e. The number of anilines is 3. The Morgan fingerprint density at radius 1 is 0.741 bits per heavy atom. The quantitative estimate of drug-likeness (QED) is 0.0721. The minimum absolute atomic E-state index is 0.152. The van der Waals surface area contributed by atoms with Gasteiger partial charge >= 0.3 is 10.2 Å². The van der Waals surface area contributed by atoms with Crippen molar-refractivity contribution in [1.82, 2.24) is 9.88 Å². The van der Waals surface area contributed by atoms with Gasteiger partial charge in [0, 0.05) is 24.0 Å². The number of hydrogen-bond donors (Lipinski definition) is 2. The van der Waals surface area contributed by atoms with E-state index >= 15 is 0 Å². The molecule has 1 fully saturated rings. The van der Waals surface area contributed by atoms with Crippen molar-refractivity contribution in [2.45, 2.75) is 37.4 Å². The predicted molar refractivity (Wildman–Crippen MR) is 213 cm³/mol. The first-order valence-electron chi connectivity index (χ1n) is 17.7. The molecule has 1 unspecified atom stereocenters. The van der Waals surface area contributed by atoms with Crippen LogP contribution < -0.4 is 14.3 Å². The van der Waals surface area contributed by atoms with Crippen molar-refractivity contribution in [3.8, 4) is 0 Å². The van der Waals surface area contributed by atoms with Crippen LogP contribution in [0.3, 0.4) is 0 Å². The first kappa shape index (κ1) is 36.3. The van der Waals surface area contributed by atoms with E-state index in [-0.39, 0.29) is 5.82 Å². The molecule has 0 amide bonds. The lowest BCUT2D eigenvalue weighted by atomic mass is 9.65. The maximum absolute atomic E-state index is 13.4. The zero-order valence-corrected chi connectivity index (χ0v) is 30.9. The number of aromatic nitrogens is 1. The van der Waals surface area contributed by atoms with Crippen molar-refractivity contribution in [2.75, 3.05) is 21.0 Å². The molecule has 2 heterocycles. The highest BCUT2D eigenvalue weighted by Crippen LogP contribution is 2.46. The molecule has 0 bridgehead atoms. The summed E-state index contributed by atoms with van der Waals surface area (Å²) in [5.41, 5.74) is 5.01. The number of hydrogen-bond acceptors (Lipinski definition) is 7. The van der Waals surface area contributed by atoms with Crippen LogP contribution in [0.1, 0.15) is 41.7 Å². The van der Waals surface area contributed by atoms with E-state index in [1.165, 1.54) is 0 Å². The summed E-state index contributed by atoms with van der Waals surface area (Å²) in [5.74, 6) is -0.367. The molecule has 1 aliphatic rings. The number of benzene rings is 5. The van der Waals surface area contributed by atoms with Gasteiger partial charge in [-0.05, 0) is 78.1 Å². The SMILES string of the molecule is CC1(C)C(C(=O)C=O)N(c2ccc(C(c3ccccc3)(c3ccccc3)c3ccccc3)cc2)CN1Cc1ccnc(NS(=O)(=O)Nc2ccccc2)c1. The van der Waals surface area contributed by atoms with Crippen molar-refractivity contribution in [2.24, 2.45) is 0 Å². The monoisotopic (exact) mass is 735 g/mol. The summed E-state index contributed by atoms with van der Waals surface area (Å²) in [7, 11) is -3.96. The van der Waals surface area contributed by atoms with Gasteiger partial charge < -0.3 is 4.90 Å². The molecule has 1 aromatic heterocycles. The van der Waals surface area contributed by atoms with Crippen molar-refractivity contribution < 1.29 is 18.0 Å². The van der Waals surface area contributed by atoms with Gasteiger partial charge in [-0.1, -0.05) is 121 Å². The fourth-order valence-corrected chi connectivity index (χ4v) is 8.58. The van der Waals surface area contributed by atoms with Crippen molar-refractivity contribution in [1.29, 1.82) is 0 Å². The summed E-state index contributed by atoms with van der Waals surface area (Å²) in [6, 6.07) is 50.9. The molecule has 5 aromatic carbocycles. The smallest absolute Gasteiger partial charge is 0.322 e. The zero-order chi connectivity index (χ0) is 37.8. The lowest BCUT2D eigenvalue weighted by molar-refractivity contribution is -0.131. The fourth-order valence-electron chi connectivity index (χ4n) is 7.69. The molecule has 0 aliphatic carbocycles. The Balaban J connectivity index is 1.21. The Labute approximate surface area is 316 Å². The highest BCUT2D eigenvalue weighted by molar-refractivity contribution is 7.94. The highest BCUT2D eigenvalue weighted by atomic mass is 32.2. The maximum atomic E-state index is 13.4. The van der Waals surface area contributed by atoms with Gasteiger partial charge in [0.2, 0.25) is 5.78 Å². The predicted octanol–water partition coefficient (Wildman–Crippen LogP) is 7.43. The van der Waals surface area contributed by atoms with Crippen molar-refractivity contribution in [3.05, 3.63) is 192 Å². The van der Waals surface area contributed by atoms with Gasteiger partial charge in [-0.15, -0.1) is 0 Å². The highest BCUT2D eigenvalue weighted by Gasteiger charge is 2.50. The van der Waals surface area contributed by atoms with E-state index in [2.05, 4.69) is 104 Å². The Morgan fingerprint density at radius 2 is 1.24 bits per heavy atom. The maximum Gasteiger partial charge on any atom is 0.322 e. The Kier molecular flexibility index (Phi) is 10.1. The number of para-hydroxylation sites is 1. The van der Waals surface area contributed by atoms with Crippen LogP contribution in [0.2, 0.25) is 0 Å². The van der Waals surface area contributed by atoms with Crippen LogP contribution >= 0.6 is 0 Å². The number of nitrogens with zero attached hydrogens (tertiary/aromatic N) is 3. The van der Waals surface area contributed by atoms with E-state index in [0.717, 1.165) is 33.5 Å². The first-order chi connectivity index (χ1) is 26.1. The number of Topliss-reactive ketones (excluding diaryl/α,β-unsaturated/α-hetero) is 1. The second-order valence-electron chi connectivity index (χ2n) is 13.9. The molecule has 272 valence electrons. The van der Waals surface area contributed by atoms with E-state index in [1.54, 1.807) is 42.6 Å². The molecule has 1 saturated heterocycles. The number of aldehydes is 1. The van der Waals surface area contributed by atoms with E-state index < -0.39 is 33.0 Å². The molecule has 1 aliphatic heterocycles. The molecule has 2 N–H and O–H groups in total. The third kappa shape index (κ3) is 7.13. The van der Waals surface area contributed by atoms with Crippen LogP contribution in [-0.4, -0.2) is 48.6 Å². The second kappa shape index (κ2) is 15.1. The van der Waals surface area contributed by atoms with Gasteiger partial charge in [0.05, 0.1) is 17.8 Å². The summed E-state index contributed by atoms with van der Waals surface area (Å²) >= 11 is 0. The standard InChI is InChI=1S/C44H41N5O4S/c1-43(2)42(40(51)31-50)49(32-48(43)30-33-27-28-45-41(29-33)47-54(52,53)46-38-21-13-6-14-22-38)39-25-23-37(24-26-39)44(34-15-7-3-8-16-34,35-17-9-4-10-18-35)36-19-11-5-12-20-36/h3-29,31,42,46H,30,32H2,1-2H3,(H,45,47). The minimum Gasteiger partial charge on any atom is -0.346 e. The first-order valence-corrected chi connectivity index (χ1v) is 19.2. The lowest BCUT2D eigenvalue weighted by Crippen LogP contribution is -2.51. The summed E-state index contributed by atoms with van der Waals surface area (Å²) in [6.07, 6.45) is 1.95. The molecule has 7 rings (SSSR count). The average molecular weight is 736 g/mol. The number of carbonyl (C=O) groups excluding carboxylic acids is 2. The number of carbonyl (C=O) groups is 2. The lowest BCUT2D eigenvalue weighted by Gasteiger charge is -2.37. The average Bonchev–Trinajstić information content (AvgIpc) is 3.45. The van der Waals surface area contributed by atoms with Gasteiger partial charge in [0.25, 0.3) is 0 Å². The minimum atomic E-state index is -3.96. The Hall–Kier alpha value is -6.10. The number of rotatable bonds is 13. The van der Waals surface area contributed by atoms with Crippen LogP contribution in [0.25, 0.3) is 0 Å². The van der Waals surface area contributed by atoms with Gasteiger partial charge in [0.15, 0.2) is 6.29 Å². The molecule has 0 radical (unpaired) electrons. The molecule has 10 heteroatoms. The van der Waals surface area contributed by atoms with E-state index in [9.17, 15) is 18.0 Å². The molecule has 1 atom stereocenters. The Morgan fingerprint density at radius 3 is 1.76 bits per heavy atom. The normalized spacial score (nSPS) is 15.7. The van der Waals surface area contributed by atoms with E-state index in [1.807, 2.05) is 55.1 Å². The van der Waals surface area contributed by atoms with Crippen LogP contribution in [0.15, 0.2) is 164 Å². The molecule has 0 saturated carbocycles. The molecular formula is C44H41N5O4S. The topological polar surface area (TPSA) is 112 Å². The van der Waals surface area contributed by atoms with Crippen LogP contribution in [-0.2, 0) is 31.8 Å². The van der Waals surface area contributed by atoms with Crippen molar-refractivity contribution in [3.63, 3.8) is 0 Å². The zero-order valence-electron chi connectivity index (χ0n) is 30.0. The van der Waals surface area contributed by atoms with E-state index in [0.29, 0.717) is 25.2 Å². The van der Waals surface area contributed by atoms with Gasteiger partial charge in [-0.2, -0.15) is 8.42 Å². The van der Waals surface area contributed by atoms with Crippen LogP contribution in [0.4, 0.5) is 17.2 Å². The van der Waals surface area contributed by atoms with Gasteiger partial charge in [-0.3, -0.25) is 23.9 Å². The second-order valence-corrected chi connectivity index (χ2v) is 15.3. The number of ketones is 1. The van der Waals surface area contributed by atoms with Gasteiger partial charge in [0.1, 0.15) is 11.9 Å². The van der Waals surface area contributed by atoms with E-state index in [4.69, 9.17) is 0 Å². The number of pyridine rings is 1. The number of nitrogens with one attached hydrogen (secondary N) is 2. The summed E-state index contributed by atoms with van der Waals surface area (Å²) < 4.78 is 30.7. The molecule has 54 heavy (non-hydrogen) atoms. The summed E-state index contributed by atoms with van der Waals surface area (Å²) in [4.78, 5) is 33.9. The molecule has 0 spiro atoms. The van der Waals surface area contributed by atoms with Crippen molar-refractivity contribution >= 4 is 39.5 Å². The van der Waals surface area contributed by atoms with Gasteiger partial charge in [-0.25, -0.2) is 4.98 Å². The van der Waals surface area contributed by atoms with Crippen LogP contribution in [0, 0.1) is 0 Å². The molecular weight excluding hydrogens is 695 g/mol. The van der Waals surface area contributed by atoms with Crippen LogP contribution in [0.5, 0.6) is 0 Å². The third-order valence-corrected chi connectivity index (χ3v) is 11.2. The summed E-state index contributed by atoms with van der Waals surface area (Å²) in [6.45, 7) is 4.62.